The normalized spacial score (nSPS) is 17.4. The molecule has 1 fully saturated rings. The predicted molar refractivity (Wildman–Crippen MR) is 151 cm³/mol. The summed E-state index contributed by atoms with van der Waals surface area (Å²) in [5.74, 6) is -0.520. The minimum atomic E-state index is -2.61. The van der Waals surface area contributed by atoms with E-state index in [1.807, 2.05) is 6.92 Å². The number of piperidine rings is 1. The third kappa shape index (κ3) is 6.56. The summed E-state index contributed by atoms with van der Waals surface area (Å²) in [6.07, 6.45) is -1.50. The van der Waals surface area contributed by atoms with Crippen molar-refractivity contribution in [1.82, 2.24) is 9.47 Å². The van der Waals surface area contributed by atoms with Gasteiger partial charge in [0.2, 0.25) is 0 Å². The molecule has 226 valence electrons. The van der Waals surface area contributed by atoms with E-state index in [1.54, 1.807) is 68.3 Å². The number of fused-ring (bicyclic) bond motifs is 1. The maximum Gasteiger partial charge on any atom is 0.419 e. The van der Waals surface area contributed by atoms with E-state index in [0.717, 1.165) is 0 Å². The molecule has 0 saturated carbocycles. The maximum atomic E-state index is 14.4. The number of benzene rings is 2. The van der Waals surface area contributed by atoms with Crippen LogP contribution in [0.5, 0.6) is 5.75 Å². The van der Waals surface area contributed by atoms with Crippen LogP contribution in [-0.4, -0.2) is 72.9 Å². The van der Waals surface area contributed by atoms with Crippen LogP contribution in [0.3, 0.4) is 0 Å². The number of hydrogen-bond donors (Lipinski definition) is 0. The van der Waals surface area contributed by atoms with Crippen molar-refractivity contribution in [2.24, 2.45) is 0 Å². The molecule has 2 heterocycles. The number of methoxy groups -OCH3 is 2. The first kappa shape index (κ1) is 31.0. The van der Waals surface area contributed by atoms with Gasteiger partial charge in [-0.15, -0.1) is 0 Å². The smallest absolute Gasteiger partial charge is 0.419 e. The number of esters is 1. The molecule has 1 aliphatic rings. The molecule has 0 aliphatic carbocycles. The third-order valence-electron chi connectivity index (χ3n) is 7.14. The van der Waals surface area contributed by atoms with Crippen molar-refractivity contribution in [3.05, 3.63) is 64.8 Å². The van der Waals surface area contributed by atoms with Crippen molar-refractivity contribution in [1.29, 1.82) is 0 Å². The molecule has 2 atom stereocenters. The van der Waals surface area contributed by atoms with Crippen molar-refractivity contribution in [3.63, 3.8) is 0 Å². The number of likely N-dealkylation sites (tertiary alicyclic amines) is 1. The van der Waals surface area contributed by atoms with Gasteiger partial charge in [-0.2, -0.15) is 0 Å². The van der Waals surface area contributed by atoms with Gasteiger partial charge in [0.25, 0.3) is 12.3 Å². The summed E-state index contributed by atoms with van der Waals surface area (Å²) in [6.45, 7) is 6.66. The molecule has 1 aromatic heterocycles. The van der Waals surface area contributed by atoms with Gasteiger partial charge >= 0.3 is 12.1 Å². The number of halogens is 2. The monoisotopic (exact) mass is 586 g/mol. The highest BCUT2D eigenvalue weighted by molar-refractivity contribution is 6.11. The Bertz CT molecular complexity index is 1460. The summed E-state index contributed by atoms with van der Waals surface area (Å²) in [5, 5.41) is 0.513. The largest absolute Gasteiger partial charge is 0.496 e. The van der Waals surface area contributed by atoms with Gasteiger partial charge < -0.3 is 23.8 Å². The first-order valence-electron chi connectivity index (χ1n) is 13.7. The number of carbonyl (C=O) groups is 3. The molecular formula is C31H36F2N2O7. The van der Waals surface area contributed by atoms with Crippen LogP contribution in [0.1, 0.15) is 71.5 Å². The van der Waals surface area contributed by atoms with Gasteiger partial charge in [-0.05, 0) is 75.9 Å². The van der Waals surface area contributed by atoms with Crippen molar-refractivity contribution in [3.8, 4) is 5.75 Å². The molecule has 0 spiro atoms. The average molecular weight is 587 g/mol. The van der Waals surface area contributed by atoms with E-state index in [4.69, 9.17) is 18.9 Å². The molecule has 11 heteroatoms. The minimum Gasteiger partial charge on any atom is -0.496 e. The molecule has 1 aliphatic heterocycles. The number of carbonyl (C=O) groups excluding carboxylic acids is 3. The lowest BCUT2D eigenvalue weighted by Gasteiger charge is -2.40. The number of amides is 1. The van der Waals surface area contributed by atoms with E-state index < -0.39 is 42.8 Å². The number of hydrogen-bond acceptors (Lipinski definition) is 7. The average Bonchev–Trinajstić information content (AvgIpc) is 3.40. The fraction of sp³-hybridized carbons (Fsp3) is 0.452. The molecule has 9 nitrogen and oxygen atoms in total. The lowest BCUT2D eigenvalue weighted by atomic mass is 9.91. The second-order valence-electron chi connectivity index (χ2n) is 11.2. The van der Waals surface area contributed by atoms with Gasteiger partial charge in [-0.25, -0.2) is 18.4 Å². The molecule has 1 saturated heterocycles. The molecule has 3 aromatic rings. The van der Waals surface area contributed by atoms with E-state index in [2.05, 4.69) is 0 Å². The molecule has 0 N–H and O–H groups in total. The van der Waals surface area contributed by atoms with Crippen LogP contribution < -0.4 is 4.74 Å². The zero-order valence-corrected chi connectivity index (χ0v) is 24.6. The molecule has 0 unspecified atom stereocenters. The van der Waals surface area contributed by atoms with Crippen LogP contribution >= 0.6 is 0 Å². The number of rotatable bonds is 7. The quantitative estimate of drug-likeness (QED) is 0.306. The first-order valence-corrected chi connectivity index (χ1v) is 13.7. The predicted octanol–water partition coefficient (Wildman–Crippen LogP) is 6.16. The van der Waals surface area contributed by atoms with E-state index >= 15 is 0 Å². The van der Waals surface area contributed by atoms with Crippen molar-refractivity contribution >= 4 is 28.9 Å². The van der Waals surface area contributed by atoms with E-state index in [1.165, 1.54) is 18.8 Å². The maximum absolute atomic E-state index is 14.4. The molecule has 1 amide bonds. The standard InChI is InChI=1S/C31H36F2N2O7/c1-18-15-24(39-5)26(22-12-14-35(27(18)22)30(38)42-31(2,3)4)28(36)34-13-11-21(41-17-25(32)33)16-23(34)19-7-9-20(10-8-19)29(37)40-6/h7-10,12,14-15,21,23,25H,11,13,16-17H2,1-6H3/t21-,23-/m0/s1. The Labute approximate surface area is 243 Å². The zero-order valence-electron chi connectivity index (χ0n) is 24.6. The van der Waals surface area contributed by atoms with E-state index in [9.17, 15) is 23.2 Å². The summed E-state index contributed by atoms with van der Waals surface area (Å²) in [5.41, 5.74) is 1.82. The fourth-order valence-electron chi connectivity index (χ4n) is 5.31. The fourth-order valence-corrected chi connectivity index (χ4v) is 5.31. The molecule has 4 rings (SSSR count). The van der Waals surface area contributed by atoms with Gasteiger partial charge in [0.05, 0.1) is 43.0 Å². The van der Waals surface area contributed by atoms with Gasteiger partial charge in [0.15, 0.2) is 0 Å². The van der Waals surface area contributed by atoms with Crippen molar-refractivity contribution < 1.29 is 42.1 Å². The Hall–Kier alpha value is -3.99. The number of nitrogens with zero attached hydrogens (tertiary/aromatic N) is 2. The minimum absolute atomic E-state index is 0.224. The van der Waals surface area contributed by atoms with Crippen LogP contribution in [0.4, 0.5) is 13.6 Å². The van der Waals surface area contributed by atoms with Crippen LogP contribution in [-0.2, 0) is 14.2 Å². The first-order chi connectivity index (χ1) is 19.8. The van der Waals surface area contributed by atoms with Crippen molar-refractivity contribution in [2.75, 3.05) is 27.4 Å². The molecular weight excluding hydrogens is 550 g/mol. The van der Waals surface area contributed by atoms with E-state index in [-0.39, 0.29) is 24.4 Å². The Kier molecular flexibility index (Phi) is 9.20. The summed E-state index contributed by atoms with van der Waals surface area (Å²) >= 11 is 0. The Balaban J connectivity index is 1.77. The van der Waals surface area contributed by atoms with Crippen molar-refractivity contribution in [2.45, 2.75) is 64.7 Å². The highest BCUT2D eigenvalue weighted by Gasteiger charge is 2.36. The summed E-state index contributed by atoms with van der Waals surface area (Å²) < 4.78 is 48.7. The zero-order chi connectivity index (χ0) is 30.8. The number of aryl methyl sites for hydroxylation is 1. The second kappa shape index (κ2) is 12.5. The molecule has 2 aromatic carbocycles. The van der Waals surface area contributed by atoms with Gasteiger partial charge in [-0.3, -0.25) is 9.36 Å². The molecule has 0 radical (unpaired) electrons. The summed E-state index contributed by atoms with van der Waals surface area (Å²) in [7, 11) is 2.75. The highest BCUT2D eigenvalue weighted by Crippen LogP contribution is 2.39. The molecule has 42 heavy (non-hydrogen) atoms. The number of aromatic nitrogens is 1. The summed E-state index contributed by atoms with van der Waals surface area (Å²) in [6, 6.07) is 9.46. The van der Waals surface area contributed by atoms with E-state index in [0.29, 0.717) is 39.8 Å². The van der Waals surface area contributed by atoms with Gasteiger partial charge in [-0.1, -0.05) is 12.1 Å². The number of ether oxygens (including phenoxy) is 4. The lowest BCUT2D eigenvalue weighted by molar-refractivity contribution is -0.0546. The van der Waals surface area contributed by atoms with Crippen LogP contribution in [0.25, 0.3) is 10.9 Å². The summed E-state index contributed by atoms with van der Waals surface area (Å²) in [4.78, 5) is 41.0. The Morgan fingerprint density at radius 3 is 2.36 bits per heavy atom. The third-order valence-corrected chi connectivity index (χ3v) is 7.14. The lowest BCUT2D eigenvalue weighted by Crippen LogP contribution is -2.43. The Morgan fingerprint density at radius 2 is 1.76 bits per heavy atom. The SMILES string of the molecule is COC(=O)c1ccc([C@@H]2C[C@@H](OCC(F)F)CCN2C(=O)c2c(OC)cc(C)c3c2ccn3C(=O)OC(C)(C)C)cc1. The Morgan fingerprint density at radius 1 is 1.07 bits per heavy atom. The van der Waals surface area contributed by atoms with Crippen LogP contribution in [0.2, 0.25) is 0 Å². The second-order valence-corrected chi connectivity index (χ2v) is 11.2. The molecule has 0 bridgehead atoms. The number of alkyl halides is 2. The van der Waals surface area contributed by atoms with Gasteiger partial charge in [0, 0.05) is 18.1 Å². The van der Waals surface area contributed by atoms with Crippen LogP contribution in [0.15, 0.2) is 42.6 Å². The highest BCUT2D eigenvalue weighted by atomic mass is 19.3. The van der Waals surface area contributed by atoms with Gasteiger partial charge in [0.1, 0.15) is 18.0 Å². The topological polar surface area (TPSA) is 96.3 Å². The van der Waals surface area contributed by atoms with Crippen LogP contribution in [0, 0.1) is 6.92 Å².